The summed E-state index contributed by atoms with van der Waals surface area (Å²) in [7, 11) is 0. The first kappa shape index (κ1) is 18.6. The van der Waals surface area contributed by atoms with Crippen molar-refractivity contribution in [2.75, 3.05) is 17.2 Å². The van der Waals surface area contributed by atoms with Gasteiger partial charge in [0.1, 0.15) is 0 Å². The zero-order valence-corrected chi connectivity index (χ0v) is 15.2. The van der Waals surface area contributed by atoms with E-state index < -0.39 is 11.9 Å². The Hall–Kier alpha value is -3.15. The number of rotatable bonds is 6. The van der Waals surface area contributed by atoms with Crippen molar-refractivity contribution in [3.63, 3.8) is 0 Å². The van der Waals surface area contributed by atoms with Gasteiger partial charge in [-0.1, -0.05) is 18.2 Å². The third-order valence-electron chi connectivity index (χ3n) is 4.36. The van der Waals surface area contributed by atoms with Crippen LogP contribution in [0.5, 0.6) is 0 Å². The van der Waals surface area contributed by atoms with E-state index in [0.717, 1.165) is 24.8 Å². The Kier molecular flexibility index (Phi) is 5.86. The molecule has 0 radical (unpaired) electrons. The average Bonchev–Trinajstić information content (AvgIpc) is 3.09. The van der Waals surface area contributed by atoms with Gasteiger partial charge in [-0.3, -0.25) is 14.4 Å². The van der Waals surface area contributed by atoms with E-state index in [2.05, 4.69) is 22.8 Å². The van der Waals surface area contributed by atoms with Crippen LogP contribution in [0.4, 0.5) is 11.4 Å². The number of ether oxygens (including phenoxy) is 1. The Balaban J connectivity index is 1.44. The Labute approximate surface area is 157 Å². The fourth-order valence-corrected chi connectivity index (χ4v) is 3.14. The zero-order valence-electron chi connectivity index (χ0n) is 15.2. The molecule has 3 rings (SSSR count). The second-order valence-electron chi connectivity index (χ2n) is 6.60. The maximum Gasteiger partial charge on any atom is 0.310 e. The lowest BCUT2D eigenvalue weighted by Gasteiger charge is -2.08. The molecule has 0 aliphatic heterocycles. The van der Waals surface area contributed by atoms with Crippen LogP contribution in [0.2, 0.25) is 0 Å². The number of benzene rings is 2. The van der Waals surface area contributed by atoms with E-state index in [-0.39, 0.29) is 18.9 Å². The highest BCUT2D eigenvalue weighted by Gasteiger charge is 2.13. The summed E-state index contributed by atoms with van der Waals surface area (Å²) in [6.07, 6.45) is 3.48. The molecule has 0 heterocycles. The van der Waals surface area contributed by atoms with Crippen molar-refractivity contribution in [3.05, 3.63) is 59.2 Å². The highest BCUT2D eigenvalue weighted by molar-refractivity contribution is 5.93. The van der Waals surface area contributed by atoms with Gasteiger partial charge in [-0.15, -0.1) is 0 Å². The van der Waals surface area contributed by atoms with Crippen molar-refractivity contribution < 1.29 is 19.1 Å². The first-order chi connectivity index (χ1) is 13.0. The van der Waals surface area contributed by atoms with Crippen molar-refractivity contribution in [1.82, 2.24) is 0 Å². The maximum atomic E-state index is 12.0. The summed E-state index contributed by atoms with van der Waals surface area (Å²) in [6, 6.07) is 12.8. The summed E-state index contributed by atoms with van der Waals surface area (Å²) in [4.78, 5) is 34.9. The monoisotopic (exact) mass is 366 g/mol. The van der Waals surface area contributed by atoms with Crippen LogP contribution in [0, 0.1) is 0 Å². The molecule has 2 aromatic rings. The maximum absolute atomic E-state index is 12.0. The molecule has 0 saturated heterocycles. The van der Waals surface area contributed by atoms with Gasteiger partial charge in [0, 0.05) is 18.3 Å². The van der Waals surface area contributed by atoms with Gasteiger partial charge in [-0.05, 0) is 60.2 Å². The van der Waals surface area contributed by atoms with Crippen molar-refractivity contribution in [2.45, 2.75) is 32.6 Å². The van der Waals surface area contributed by atoms with E-state index >= 15 is 0 Å². The minimum absolute atomic E-state index is 0.159. The summed E-state index contributed by atoms with van der Waals surface area (Å²) < 4.78 is 5.07. The Morgan fingerprint density at radius 2 is 1.59 bits per heavy atom. The van der Waals surface area contributed by atoms with Crippen LogP contribution in [0.25, 0.3) is 0 Å². The number of fused-ring (bicyclic) bond motifs is 1. The first-order valence-electron chi connectivity index (χ1n) is 8.93. The normalized spacial score (nSPS) is 12.2. The van der Waals surface area contributed by atoms with Gasteiger partial charge in [0.15, 0.2) is 6.61 Å². The van der Waals surface area contributed by atoms with Crippen molar-refractivity contribution >= 4 is 29.2 Å². The van der Waals surface area contributed by atoms with Gasteiger partial charge in [-0.2, -0.15) is 0 Å². The second-order valence-corrected chi connectivity index (χ2v) is 6.60. The van der Waals surface area contributed by atoms with Crippen LogP contribution >= 0.6 is 0 Å². The van der Waals surface area contributed by atoms with E-state index in [1.807, 2.05) is 6.07 Å². The minimum atomic E-state index is -0.427. The number of esters is 1. The third-order valence-corrected chi connectivity index (χ3v) is 4.36. The van der Waals surface area contributed by atoms with E-state index in [0.29, 0.717) is 11.4 Å². The molecule has 2 N–H and O–H groups in total. The molecule has 2 aromatic carbocycles. The molecule has 0 saturated carbocycles. The van der Waals surface area contributed by atoms with Crippen LogP contribution in [0.15, 0.2) is 42.5 Å². The molecule has 0 fully saturated rings. The second kappa shape index (κ2) is 8.49. The predicted octanol–water partition coefficient (Wildman–Crippen LogP) is 2.86. The molecular formula is C21H22N2O4. The van der Waals surface area contributed by atoms with Crippen molar-refractivity contribution in [3.8, 4) is 0 Å². The predicted molar refractivity (Wildman–Crippen MR) is 103 cm³/mol. The van der Waals surface area contributed by atoms with Crippen LogP contribution in [-0.2, 0) is 38.4 Å². The molecule has 0 atom stereocenters. The number of amides is 2. The minimum Gasteiger partial charge on any atom is -0.455 e. The first-order valence-corrected chi connectivity index (χ1v) is 8.93. The van der Waals surface area contributed by atoms with E-state index in [4.69, 9.17) is 4.74 Å². The number of aryl methyl sites for hydroxylation is 2. The van der Waals surface area contributed by atoms with Crippen LogP contribution in [0.1, 0.15) is 30.0 Å². The fourth-order valence-electron chi connectivity index (χ4n) is 3.14. The molecule has 0 spiro atoms. The lowest BCUT2D eigenvalue weighted by molar-refractivity contribution is -0.146. The summed E-state index contributed by atoms with van der Waals surface area (Å²) >= 11 is 0. The van der Waals surface area contributed by atoms with Crippen molar-refractivity contribution in [1.29, 1.82) is 0 Å². The van der Waals surface area contributed by atoms with Crippen molar-refractivity contribution in [2.24, 2.45) is 0 Å². The quantitative estimate of drug-likeness (QED) is 0.770. The fraction of sp³-hybridized carbons (Fsp3) is 0.286. The number of carbonyl (C=O) groups excluding carboxylic acids is 3. The third kappa shape index (κ3) is 5.41. The number of hydrogen-bond donors (Lipinski definition) is 2. The molecule has 1 aliphatic carbocycles. The van der Waals surface area contributed by atoms with Gasteiger partial charge in [0.2, 0.25) is 5.91 Å². The van der Waals surface area contributed by atoms with E-state index in [1.54, 1.807) is 24.3 Å². The lowest BCUT2D eigenvalue weighted by atomic mass is 10.0. The van der Waals surface area contributed by atoms with Crippen LogP contribution in [0.3, 0.4) is 0 Å². The van der Waals surface area contributed by atoms with E-state index in [9.17, 15) is 14.4 Å². The SMILES string of the molecule is CC(=O)Nc1ccc(NC(=O)COC(=O)Cc2ccc3c(c2)CCC3)cc1. The largest absolute Gasteiger partial charge is 0.455 e. The lowest BCUT2D eigenvalue weighted by Crippen LogP contribution is -2.21. The molecule has 27 heavy (non-hydrogen) atoms. The molecule has 6 nitrogen and oxygen atoms in total. The van der Waals surface area contributed by atoms with Gasteiger partial charge in [0.25, 0.3) is 5.91 Å². The summed E-state index contributed by atoms with van der Waals surface area (Å²) in [6.45, 7) is 1.09. The number of anilines is 2. The Morgan fingerprint density at radius 3 is 2.30 bits per heavy atom. The molecule has 140 valence electrons. The van der Waals surface area contributed by atoms with Gasteiger partial charge < -0.3 is 15.4 Å². The highest BCUT2D eigenvalue weighted by atomic mass is 16.5. The molecule has 6 heteroatoms. The molecule has 1 aliphatic rings. The smallest absolute Gasteiger partial charge is 0.310 e. The molecular weight excluding hydrogens is 344 g/mol. The average molecular weight is 366 g/mol. The Bertz CT molecular complexity index is 859. The zero-order chi connectivity index (χ0) is 19.2. The topological polar surface area (TPSA) is 84.5 Å². The van der Waals surface area contributed by atoms with E-state index in [1.165, 1.54) is 18.1 Å². The molecule has 0 unspecified atom stereocenters. The van der Waals surface area contributed by atoms with Gasteiger partial charge in [-0.25, -0.2) is 0 Å². The standard InChI is InChI=1S/C21H22N2O4/c1-14(24)22-18-7-9-19(10-8-18)23-20(25)13-27-21(26)12-15-5-6-16-3-2-4-17(16)11-15/h5-11H,2-4,12-13H2,1H3,(H,22,24)(H,23,25). The summed E-state index contributed by atoms with van der Waals surface area (Å²) in [5.74, 6) is -1.00. The Morgan fingerprint density at radius 1 is 0.926 bits per heavy atom. The van der Waals surface area contributed by atoms with Crippen LogP contribution in [-0.4, -0.2) is 24.4 Å². The van der Waals surface area contributed by atoms with Gasteiger partial charge in [0.05, 0.1) is 6.42 Å². The summed E-state index contributed by atoms with van der Waals surface area (Å²) in [5.41, 5.74) is 4.77. The highest BCUT2D eigenvalue weighted by Crippen LogP contribution is 2.23. The van der Waals surface area contributed by atoms with Crippen LogP contribution < -0.4 is 10.6 Å². The number of nitrogens with one attached hydrogen (secondary N) is 2. The number of carbonyl (C=O) groups is 3. The molecule has 0 bridgehead atoms. The van der Waals surface area contributed by atoms with Gasteiger partial charge >= 0.3 is 5.97 Å². The molecule has 2 amide bonds. The summed E-state index contributed by atoms with van der Waals surface area (Å²) in [5, 5.41) is 5.29. The number of hydrogen-bond acceptors (Lipinski definition) is 4. The molecule has 0 aromatic heterocycles.